The summed E-state index contributed by atoms with van der Waals surface area (Å²) in [5.74, 6) is 0. The highest BCUT2D eigenvalue weighted by molar-refractivity contribution is 5.85. The number of halogens is 1. The van der Waals surface area contributed by atoms with E-state index in [1.165, 1.54) is 0 Å². The number of aromatic nitrogens is 4. The van der Waals surface area contributed by atoms with E-state index in [2.05, 4.69) is 27.1 Å². The van der Waals surface area contributed by atoms with Crippen molar-refractivity contribution in [3.8, 4) is 0 Å². The van der Waals surface area contributed by atoms with Gasteiger partial charge in [0, 0.05) is 17.5 Å². The Balaban J connectivity index is 1.74. The summed E-state index contributed by atoms with van der Waals surface area (Å²) in [6.07, 6.45) is 1.14. The van der Waals surface area contributed by atoms with E-state index in [1.807, 2.05) is 37.3 Å². The van der Waals surface area contributed by atoms with Crippen molar-refractivity contribution in [2.75, 3.05) is 13.1 Å². The Labute approximate surface area is 152 Å². The molecule has 0 aliphatic carbocycles. The fourth-order valence-corrected chi connectivity index (χ4v) is 3.89. The first kappa shape index (κ1) is 17.1. The summed E-state index contributed by atoms with van der Waals surface area (Å²) in [6, 6.07) is 10.0. The Hall–Kier alpha value is -2.34. The first-order chi connectivity index (χ1) is 12.6. The van der Waals surface area contributed by atoms with E-state index in [1.54, 1.807) is 0 Å². The van der Waals surface area contributed by atoms with Crippen molar-refractivity contribution in [3.63, 3.8) is 0 Å². The van der Waals surface area contributed by atoms with Crippen LogP contribution in [0.2, 0.25) is 0 Å². The summed E-state index contributed by atoms with van der Waals surface area (Å²) < 4.78 is 17.2. The van der Waals surface area contributed by atoms with Crippen molar-refractivity contribution < 1.29 is 4.39 Å². The van der Waals surface area contributed by atoms with Crippen LogP contribution in [0.4, 0.5) is 4.39 Å². The van der Waals surface area contributed by atoms with E-state index >= 15 is 4.39 Å². The van der Waals surface area contributed by atoms with Crippen LogP contribution in [0, 0.1) is 13.8 Å². The Morgan fingerprint density at radius 3 is 2.62 bits per heavy atom. The zero-order valence-electron chi connectivity index (χ0n) is 15.2. The third kappa shape index (κ3) is 3.09. The van der Waals surface area contributed by atoms with Gasteiger partial charge in [0.2, 0.25) is 0 Å². The average molecular weight is 353 g/mol. The van der Waals surface area contributed by atoms with Crippen LogP contribution in [-0.4, -0.2) is 33.1 Å². The minimum atomic E-state index is -1.22. The maximum absolute atomic E-state index is 15.1. The highest BCUT2D eigenvalue weighted by Crippen LogP contribution is 2.32. The summed E-state index contributed by atoms with van der Waals surface area (Å²) in [5, 5.41) is 17.6. The van der Waals surface area contributed by atoms with Crippen LogP contribution in [0.1, 0.15) is 47.7 Å². The topological polar surface area (TPSA) is 55.6 Å². The molecule has 0 amide bonds. The molecule has 6 heteroatoms. The van der Waals surface area contributed by atoms with E-state index in [0.717, 1.165) is 48.3 Å². The van der Waals surface area contributed by atoms with Gasteiger partial charge < -0.3 is 5.32 Å². The molecule has 1 aliphatic rings. The first-order valence-corrected chi connectivity index (χ1v) is 9.26. The molecule has 3 heterocycles. The van der Waals surface area contributed by atoms with Gasteiger partial charge in [0.15, 0.2) is 6.17 Å². The van der Waals surface area contributed by atoms with Crippen LogP contribution >= 0.6 is 0 Å². The molecule has 136 valence electrons. The molecule has 1 fully saturated rings. The second-order valence-corrected chi connectivity index (χ2v) is 7.06. The molecule has 0 bridgehead atoms. The van der Waals surface area contributed by atoms with E-state index in [0.29, 0.717) is 17.3 Å². The minimum Gasteiger partial charge on any atom is -0.317 e. The first-order valence-electron chi connectivity index (χ1n) is 9.26. The van der Waals surface area contributed by atoms with Gasteiger partial charge in [-0.1, -0.05) is 30.3 Å². The molecule has 5 nitrogen and oxygen atoms in total. The maximum atomic E-state index is 15.1. The van der Waals surface area contributed by atoms with E-state index in [9.17, 15) is 0 Å². The zero-order chi connectivity index (χ0) is 18.1. The van der Waals surface area contributed by atoms with Crippen molar-refractivity contribution in [2.45, 2.75) is 45.3 Å². The molecule has 1 saturated heterocycles. The summed E-state index contributed by atoms with van der Waals surface area (Å²) in [4.78, 5) is 0. The number of hydrogen-bond acceptors (Lipinski definition) is 4. The third-order valence-corrected chi connectivity index (χ3v) is 5.27. The van der Waals surface area contributed by atoms with Crippen LogP contribution in [-0.2, 0) is 6.42 Å². The summed E-state index contributed by atoms with van der Waals surface area (Å²) in [7, 11) is 0. The van der Waals surface area contributed by atoms with Gasteiger partial charge in [-0.3, -0.25) is 4.68 Å². The van der Waals surface area contributed by atoms with Crippen molar-refractivity contribution in [3.05, 3.63) is 53.0 Å². The molecule has 0 spiro atoms. The predicted octanol–water partition coefficient (Wildman–Crippen LogP) is 3.62. The summed E-state index contributed by atoms with van der Waals surface area (Å²) in [6.45, 7) is 5.95. The van der Waals surface area contributed by atoms with Gasteiger partial charge in [-0.2, -0.15) is 10.2 Å². The van der Waals surface area contributed by atoms with Crippen molar-refractivity contribution >= 4 is 10.9 Å². The van der Waals surface area contributed by atoms with Crippen LogP contribution in [0.3, 0.4) is 0 Å². The molecule has 2 aromatic heterocycles. The van der Waals surface area contributed by atoms with Crippen molar-refractivity contribution in [1.29, 1.82) is 0 Å². The largest absolute Gasteiger partial charge is 0.317 e. The highest BCUT2D eigenvalue weighted by atomic mass is 19.1. The number of piperidine rings is 1. The average Bonchev–Trinajstić information content (AvgIpc) is 3.02. The number of rotatable bonds is 4. The van der Waals surface area contributed by atoms with Gasteiger partial charge >= 0.3 is 0 Å². The summed E-state index contributed by atoms with van der Waals surface area (Å²) in [5.41, 5.74) is 3.84. The van der Waals surface area contributed by atoms with Gasteiger partial charge in [-0.25, -0.2) is 4.39 Å². The lowest BCUT2D eigenvalue weighted by atomic mass is 10.0. The number of nitrogens with zero attached hydrogens (tertiary/aromatic N) is 4. The van der Waals surface area contributed by atoms with Gasteiger partial charge in [-0.05, 0) is 45.3 Å². The number of fused-ring (bicyclic) bond motifs is 1. The molecular weight excluding hydrogens is 329 g/mol. The van der Waals surface area contributed by atoms with Crippen LogP contribution in [0.5, 0.6) is 0 Å². The van der Waals surface area contributed by atoms with Crippen molar-refractivity contribution in [1.82, 2.24) is 25.3 Å². The fourth-order valence-electron chi connectivity index (χ4n) is 3.89. The van der Waals surface area contributed by atoms with Crippen molar-refractivity contribution in [2.24, 2.45) is 0 Å². The number of nitrogens with one attached hydrogen (secondary N) is 1. The molecule has 4 rings (SSSR count). The molecule has 3 aromatic rings. The summed E-state index contributed by atoms with van der Waals surface area (Å²) >= 11 is 0. The molecule has 1 atom stereocenters. The second-order valence-electron chi connectivity index (χ2n) is 7.06. The smallest absolute Gasteiger partial charge is 0.150 e. The normalized spacial score (nSPS) is 16.9. The monoisotopic (exact) mass is 353 g/mol. The van der Waals surface area contributed by atoms with Gasteiger partial charge in [0.25, 0.3) is 0 Å². The predicted molar refractivity (Wildman–Crippen MR) is 99.9 cm³/mol. The van der Waals surface area contributed by atoms with E-state index in [-0.39, 0.29) is 6.42 Å². The second kappa shape index (κ2) is 7.11. The fraction of sp³-hybridized carbons (Fsp3) is 0.450. The molecule has 26 heavy (non-hydrogen) atoms. The number of benzene rings is 1. The van der Waals surface area contributed by atoms with Gasteiger partial charge in [-0.15, -0.1) is 5.10 Å². The van der Waals surface area contributed by atoms with Gasteiger partial charge in [0.1, 0.15) is 11.2 Å². The maximum Gasteiger partial charge on any atom is 0.150 e. The molecule has 0 saturated carbocycles. The Morgan fingerprint density at radius 2 is 1.88 bits per heavy atom. The molecule has 1 unspecified atom stereocenters. The Morgan fingerprint density at radius 1 is 1.15 bits per heavy atom. The quantitative estimate of drug-likeness (QED) is 0.778. The lowest BCUT2D eigenvalue weighted by molar-refractivity contribution is 0.330. The Bertz CT molecular complexity index is 899. The lowest BCUT2D eigenvalue weighted by Crippen LogP contribution is -2.30. The SMILES string of the molecule is Cc1nnc(C(F)Cc2ccccc2)c2nn(C3CCNCC3)c(C)c12. The standard InChI is InChI=1S/C20H24FN5/c1-13-18-14(2)26(16-8-10-22-11-9-16)25-20(18)19(24-23-13)17(21)12-15-6-4-3-5-7-15/h3-7,16-17,22H,8-12H2,1-2H3. The molecule has 1 aliphatic heterocycles. The highest BCUT2D eigenvalue weighted by Gasteiger charge is 2.25. The van der Waals surface area contributed by atoms with Crippen LogP contribution in [0.25, 0.3) is 10.9 Å². The lowest BCUT2D eigenvalue weighted by Gasteiger charge is -2.24. The molecule has 1 N–H and O–H groups in total. The number of alkyl halides is 1. The van der Waals surface area contributed by atoms with E-state index < -0.39 is 6.17 Å². The van der Waals surface area contributed by atoms with E-state index in [4.69, 9.17) is 5.10 Å². The molecule has 0 radical (unpaired) electrons. The van der Waals surface area contributed by atoms with Crippen LogP contribution < -0.4 is 5.32 Å². The molecule has 1 aromatic carbocycles. The Kier molecular flexibility index (Phi) is 4.68. The molecular formula is C20H24FN5. The number of aryl methyl sites for hydroxylation is 2. The van der Waals surface area contributed by atoms with Crippen LogP contribution in [0.15, 0.2) is 30.3 Å². The minimum absolute atomic E-state index is 0.285. The van der Waals surface area contributed by atoms with Gasteiger partial charge in [0.05, 0.1) is 11.7 Å². The third-order valence-electron chi connectivity index (χ3n) is 5.27. The zero-order valence-corrected chi connectivity index (χ0v) is 15.2. The number of hydrogen-bond donors (Lipinski definition) is 1.